The second-order valence-electron chi connectivity index (χ2n) is 4.72. The molecule has 7 heteroatoms. The number of nitrogens with one attached hydrogen (secondary N) is 1. The molecule has 4 nitrogen and oxygen atoms in total. The lowest BCUT2D eigenvalue weighted by Crippen LogP contribution is -2.51. The van der Waals surface area contributed by atoms with Gasteiger partial charge >= 0.3 is 0 Å². The third-order valence-electron chi connectivity index (χ3n) is 3.06. The molecule has 0 unspecified atom stereocenters. The number of piperazine rings is 1. The zero-order valence-corrected chi connectivity index (χ0v) is 12.1. The maximum atomic E-state index is 13.0. The third kappa shape index (κ3) is 3.66. The van der Waals surface area contributed by atoms with E-state index < -0.39 is 15.8 Å². The van der Waals surface area contributed by atoms with Crippen LogP contribution in [0.5, 0.6) is 0 Å². The zero-order valence-electron chi connectivity index (χ0n) is 10.6. The molecule has 1 saturated heterocycles. The molecule has 1 aliphatic heterocycles. The Balaban J connectivity index is 2.14. The number of rotatable bonds is 3. The van der Waals surface area contributed by atoms with Gasteiger partial charge < -0.3 is 5.32 Å². The fourth-order valence-corrected chi connectivity index (χ4v) is 3.89. The number of halogens is 2. The summed E-state index contributed by atoms with van der Waals surface area (Å²) in [6, 6.07) is 4.14. The van der Waals surface area contributed by atoms with E-state index in [1.807, 2.05) is 6.92 Å². The summed E-state index contributed by atoms with van der Waals surface area (Å²) in [6.45, 7) is 3.50. The summed E-state index contributed by atoms with van der Waals surface area (Å²) in [5.41, 5.74) is 0.498. The second-order valence-corrected chi connectivity index (χ2v) is 7.09. The van der Waals surface area contributed by atoms with Crippen molar-refractivity contribution in [2.24, 2.45) is 0 Å². The van der Waals surface area contributed by atoms with Gasteiger partial charge in [-0.25, -0.2) is 12.8 Å². The van der Waals surface area contributed by atoms with Crippen LogP contribution >= 0.6 is 11.6 Å². The first-order valence-electron chi connectivity index (χ1n) is 6.03. The maximum Gasteiger partial charge on any atom is 0.218 e. The molecule has 0 radical (unpaired) electrons. The minimum Gasteiger partial charge on any atom is -0.312 e. The van der Waals surface area contributed by atoms with Crippen molar-refractivity contribution >= 4 is 21.6 Å². The van der Waals surface area contributed by atoms with Crippen LogP contribution in [-0.4, -0.2) is 38.4 Å². The Morgan fingerprint density at radius 1 is 1.53 bits per heavy atom. The molecule has 0 bridgehead atoms. The SMILES string of the molecule is C[C@H]1CN(S(=O)(=O)Cc2ccc(F)c(Cl)c2)CCN1. The number of nitrogens with zero attached hydrogens (tertiary/aromatic N) is 1. The van der Waals surface area contributed by atoms with Gasteiger partial charge in [-0.15, -0.1) is 0 Å². The van der Waals surface area contributed by atoms with Crippen LogP contribution in [0, 0.1) is 5.82 Å². The monoisotopic (exact) mass is 306 g/mol. The molecule has 0 spiro atoms. The van der Waals surface area contributed by atoms with Gasteiger partial charge in [-0.1, -0.05) is 17.7 Å². The Morgan fingerprint density at radius 3 is 2.89 bits per heavy atom. The van der Waals surface area contributed by atoms with Gasteiger partial charge in [0.15, 0.2) is 0 Å². The van der Waals surface area contributed by atoms with E-state index in [1.54, 1.807) is 0 Å². The minimum absolute atomic E-state index is 0.0543. The highest BCUT2D eigenvalue weighted by atomic mass is 35.5. The summed E-state index contributed by atoms with van der Waals surface area (Å²) in [6.07, 6.45) is 0. The summed E-state index contributed by atoms with van der Waals surface area (Å²) in [5.74, 6) is -0.696. The van der Waals surface area contributed by atoms with Crippen molar-refractivity contribution in [2.75, 3.05) is 19.6 Å². The molecule has 106 valence electrons. The fourth-order valence-electron chi connectivity index (χ4n) is 2.08. The standard InChI is InChI=1S/C12H16ClFN2O2S/c1-9-7-16(5-4-15-9)19(17,18)8-10-2-3-12(14)11(13)6-10/h2-3,6,9,15H,4-5,7-8H2,1H3/t9-/m0/s1. The van der Waals surface area contributed by atoms with Crippen LogP contribution in [0.4, 0.5) is 4.39 Å². The summed E-state index contributed by atoms with van der Waals surface area (Å²) in [7, 11) is -3.39. The third-order valence-corrected chi connectivity index (χ3v) is 5.16. The highest BCUT2D eigenvalue weighted by Gasteiger charge is 2.27. The van der Waals surface area contributed by atoms with Crippen LogP contribution < -0.4 is 5.32 Å². The van der Waals surface area contributed by atoms with Gasteiger partial charge in [-0.2, -0.15) is 4.31 Å². The van der Waals surface area contributed by atoms with Gasteiger partial charge in [0, 0.05) is 25.7 Å². The van der Waals surface area contributed by atoms with Crippen LogP contribution in [-0.2, 0) is 15.8 Å². The lowest BCUT2D eigenvalue weighted by molar-refractivity contribution is 0.310. The molecule has 1 aliphatic rings. The summed E-state index contributed by atoms with van der Waals surface area (Å²) in [5, 5.41) is 3.13. The normalized spacial score (nSPS) is 21.5. The molecule has 0 aliphatic carbocycles. The van der Waals surface area contributed by atoms with Gasteiger partial charge in [-0.05, 0) is 24.6 Å². The molecule has 1 N–H and O–H groups in total. The van der Waals surface area contributed by atoms with Crippen LogP contribution in [0.25, 0.3) is 0 Å². The topological polar surface area (TPSA) is 49.4 Å². The number of hydrogen-bond donors (Lipinski definition) is 1. The van der Waals surface area contributed by atoms with Crippen molar-refractivity contribution in [2.45, 2.75) is 18.7 Å². The van der Waals surface area contributed by atoms with Crippen molar-refractivity contribution in [3.63, 3.8) is 0 Å². The zero-order chi connectivity index (χ0) is 14.0. The van der Waals surface area contributed by atoms with E-state index in [1.165, 1.54) is 22.5 Å². The number of hydrogen-bond acceptors (Lipinski definition) is 3. The molecule has 1 aromatic rings. The molecule has 19 heavy (non-hydrogen) atoms. The summed E-state index contributed by atoms with van der Waals surface area (Å²) in [4.78, 5) is 0. The predicted molar refractivity (Wildman–Crippen MR) is 73.1 cm³/mol. The van der Waals surface area contributed by atoms with Gasteiger partial charge in [0.1, 0.15) is 5.82 Å². The quantitative estimate of drug-likeness (QED) is 0.923. The van der Waals surface area contributed by atoms with Crippen molar-refractivity contribution in [1.82, 2.24) is 9.62 Å². The average Bonchev–Trinajstić information content (AvgIpc) is 2.33. The molecule has 1 fully saturated rings. The molecule has 2 rings (SSSR count). The van der Waals surface area contributed by atoms with E-state index in [9.17, 15) is 12.8 Å². The lowest BCUT2D eigenvalue weighted by Gasteiger charge is -2.31. The predicted octanol–water partition coefficient (Wildman–Crippen LogP) is 1.60. The number of benzene rings is 1. The first kappa shape index (κ1) is 14.7. The van der Waals surface area contributed by atoms with Crippen molar-refractivity contribution in [3.05, 3.63) is 34.6 Å². The first-order valence-corrected chi connectivity index (χ1v) is 8.02. The average molecular weight is 307 g/mol. The van der Waals surface area contributed by atoms with E-state index in [2.05, 4.69) is 5.32 Å². The van der Waals surface area contributed by atoms with Crippen molar-refractivity contribution in [3.8, 4) is 0 Å². The highest BCUT2D eigenvalue weighted by molar-refractivity contribution is 7.88. The molecule has 1 atom stereocenters. The largest absolute Gasteiger partial charge is 0.312 e. The molecule has 1 aromatic carbocycles. The lowest BCUT2D eigenvalue weighted by atomic mass is 10.2. The molecule has 0 aromatic heterocycles. The van der Waals surface area contributed by atoms with Gasteiger partial charge in [0.05, 0.1) is 10.8 Å². The molecule has 1 heterocycles. The van der Waals surface area contributed by atoms with E-state index in [-0.39, 0.29) is 16.8 Å². The Hall–Kier alpha value is -0.690. The van der Waals surface area contributed by atoms with E-state index in [0.717, 1.165) is 0 Å². The minimum atomic E-state index is -3.39. The van der Waals surface area contributed by atoms with Crippen molar-refractivity contribution in [1.29, 1.82) is 0 Å². The van der Waals surface area contributed by atoms with E-state index in [0.29, 0.717) is 25.2 Å². The van der Waals surface area contributed by atoms with Crippen LogP contribution in [0.15, 0.2) is 18.2 Å². The molecular formula is C12H16ClFN2O2S. The smallest absolute Gasteiger partial charge is 0.218 e. The van der Waals surface area contributed by atoms with Gasteiger partial charge in [0.25, 0.3) is 0 Å². The van der Waals surface area contributed by atoms with Gasteiger partial charge in [-0.3, -0.25) is 0 Å². The van der Waals surface area contributed by atoms with Crippen LogP contribution in [0.3, 0.4) is 0 Å². The van der Waals surface area contributed by atoms with Crippen LogP contribution in [0.2, 0.25) is 5.02 Å². The maximum absolute atomic E-state index is 13.0. The summed E-state index contributed by atoms with van der Waals surface area (Å²) < 4.78 is 39.0. The second kappa shape index (κ2) is 5.75. The Morgan fingerprint density at radius 2 is 2.26 bits per heavy atom. The fraction of sp³-hybridized carbons (Fsp3) is 0.500. The molecular weight excluding hydrogens is 291 g/mol. The van der Waals surface area contributed by atoms with Crippen LogP contribution in [0.1, 0.15) is 12.5 Å². The van der Waals surface area contributed by atoms with Gasteiger partial charge in [0.2, 0.25) is 10.0 Å². The molecule has 0 amide bonds. The highest BCUT2D eigenvalue weighted by Crippen LogP contribution is 2.19. The number of sulfonamides is 1. The van der Waals surface area contributed by atoms with E-state index >= 15 is 0 Å². The van der Waals surface area contributed by atoms with Crippen molar-refractivity contribution < 1.29 is 12.8 Å². The molecule has 0 saturated carbocycles. The van der Waals surface area contributed by atoms with E-state index in [4.69, 9.17) is 11.6 Å². The Labute approximate surface area is 117 Å². The summed E-state index contributed by atoms with van der Waals surface area (Å²) >= 11 is 5.66. The Kier molecular flexibility index (Phi) is 4.45. The Bertz CT molecular complexity index is 565. The first-order chi connectivity index (χ1) is 8.88.